The van der Waals surface area contributed by atoms with Gasteiger partial charge in [-0.05, 0) is 42.5 Å². The average molecular weight is 465 g/mol. The number of hydrogen-bond donors (Lipinski definition) is 1. The third-order valence-electron chi connectivity index (χ3n) is 5.28. The molecule has 2 aliphatic rings. The molecule has 0 aromatic heterocycles. The Bertz CT molecular complexity index is 1210. The van der Waals surface area contributed by atoms with Gasteiger partial charge in [0.2, 0.25) is 5.91 Å². The van der Waals surface area contributed by atoms with Crippen LogP contribution in [0.2, 0.25) is 0 Å². The van der Waals surface area contributed by atoms with Gasteiger partial charge < -0.3 is 14.8 Å². The molecule has 0 aliphatic carbocycles. The highest BCUT2D eigenvalue weighted by Gasteiger charge is 2.55. The van der Waals surface area contributed by atoms with Crippen molar-refractivity contribution in [3.63, 3.8) is 0 Å². The summed E-state index contributed by atoms with van der Waals surface area (Å²) in [6, 6.07) is 9.76. The number of amides is 3. The van der Waals surface area contributed by atoms with Gasteiger partial charge in [-0.2, -0.15) is 5.11 Å². The fourth-order valence-electron chi connectivity index (χ4n) is 3.65. The van der Waals surface area contributed by atoms with Gasteiger partial charge in [0.1, 0.15) is 6.54 Å². The number of carbonyl (C=O) groups is 5. The summed E-state index contributed by atoms with van der Waals surface area (Å²) < 4.78 is 9.31. The Balaban J connectivity index is 1.45. The number of hydrogen-bond acceptors (Lipinski definition) is 10. The second kappa shape index (κ2) is 9.10. The van der Waals surface area contributed by atoms with Crippen molar-refractivity contribution < 1.29 is 33.4 Å². The summed E-state index contributed by atoms with van der Waals surface area (Å²) in [5.74, 6) is -2.85. The molecule has 0 saturated carbocycles. The fourth-order valence-corrected chi connectivity index (χ4v) is 3.65. The van der Waals surface area contributed by atoms with Gasteiger partial charge in [0.15, 0.2) is 12.1 Å². The van der Waals surface area contributed by atoms with Crippen LogP contribution in [0.1, 0.15) is 20.7 Å². The zero-order valence-corrected chi connectivity index (χ0v) is 18.1. The molecule has 12 nitrogen and oxygen atoms in total. The number of ether oxygens (including phenoxy) is 2. The Labute approximate surface area is 193 Å². The third-order valence-corrected chi connectivity index (χ3v) is 5.28. The molecular formula is C22H19N5O7. The minimum absolute atomic E-state index is 0.175. The van der Waals surface area contributed by atoms with E-state index in [1.165, 1.54) is 62.8 Å². The fraction of sp³-hybridized carbons (Fsp3) is 0.227. The number of carbonyl (C=O) groups excluding carboxylic acids is 5. The minimum atomic E-state index is -1.10. The lowest BCUT2D eigenvalue weighted by Gasteiger charge is -2.20. The zero-order chi connectivity index (χ0) is 24.4. The van der Waals surface area contributed by atoms with Gasteiger partial charge in [-0.1, -0.05) is 11.3 Å². The quantitative estimate of drug-likeness (QED) is 0.494. The van der Waals surface area contributed by atoms with E-state index in [-0.39, 0.29) is 17.8 Å². The van der Waals surface area contributed by atoms with Gasteiger partial charge in [0.05, 0.1) is 31.0 Å². The monoisotopic (exact) mass is 465 g/mol. The standard InChI is InChI=1S/C22H19N5O7/c1-33-21(31)12-6-8-14(9-7-12)23-16(28)11-26-18-17(24-25-26)19(29)27(20(18)30)15-5-3-4-13(10-15)22(32)34-2/h3-10,17-18H,11H2,1-2H3,(H,23,28)/t17-,18+/m1/s1. The number of fused-ring (bicyclic) bond motifs is 1. The lowest BCUT2D eigenvalue weighted by Crippen LogP contribution is -2.43. The molecule has 0 radical (unpaired) electrons. The highest BCUT2D eigenvalue weighted by molar-refractivity contribution is 6.25. The first-order valence-corrected chi connectivity index (χ1v) is 10.1. The molecule has 3 amide bonds. The van der Waals surface area contributed by atoms with Gasteiger partial charge >= 0.3 is 11.9 Å². The van der Waals surface area contributed by atoms with Crippen molar-refractivity contribution >= 4 is 41.0 Å². The highest BCUT2D eigenvalue weighted by Crippen LogP contribution is 2.32. The van der Waals surface area contributed by atoms with E-state index in [2.05, 4.69) is 25.1 Å². The van der Waals surface area contributed by atoms with Crippen molar-refractivity contribution in [2.75, 3.05) is 31.0 Å². The molecule has 12 heteroatoms. The lowest BCUT2D eigenvalue weighted by atomic mass is 10.1. The minimum Gasteiger partial charge on any atom is -0.465 e. The predicted octanol–water partition coefficient (Wildman–Crippen LogP) is 1.19. The van der Waals surface area contributed by atoms with Crippen LogP contribution in [0, 0.1) is 0 Å². The van der Waals surface area contributed by atoms with Crippen LogP contribution >= 0.6 is 0 Å². The maximum Gasteiger partial charge on any atom is 0.337 e. The molecule has 1 N–H and O–H groups in total. The van der Waals surface area contributed by atoms with Crippen molar-refractivity contribution in [2.45, 2.75) is 12.1 Å². The van der Waals surface area contributed by atoms with Crippen LogP contribution in [0.5, 0.6) is 0 Å². The van der Waals surface area contributed by atoms with E-state index in [9.17, 15) is 24.0 Å². The van der Waals surface area contributed by atoms with Crippen molar-refractivity contribution in [1.82, 2.24) is 5.01 Å². The highest BCUT2D eigenvalue weighted by atomic mass is 16.5. The SMILES string of the molecule is COC(=O)c1ccc(NC(=O)CN2N=N[C@H]3C(=O)N(c4cccc(C(=O)OC)c4)C(=O)[C@H]32)cc1. The summed E-state index contributed by atoms with van der Waals surface area (Å²) in [5.41, 5.74) is 1.11. The first kappa shape index (κ1) is 22.6. The summed E-state index contributed by atoms with van der Waals surface area (Å²) >= 11 is 0. The van der Waals surface area contributed by atoms with E-state index in [4.69, 9.17) is 0 Å². The molecule has 174 valence electrons. The van der Waals surface area contributed by atoms with E-state index >= 15 is 0 Å². The first-order valence-electron chi connectivity index (χ1n) is 10.1. The number of anilines is 2. The van der Waals surface area contributed by atoms with E-state index < -0.39 is 41.7 Å². The topological polar surface area (TPSA) is 147 Å². The molecule has 0 bridgehead atoms. The van der Waals surface area contributed by atoms with Crippen LogP contribution in [0.3, 0.4) is 0 Å². The zero-order valence-electron chi connectivity index (χ0n) is 18.1. The third kappa shape index (κ3) is 4.08. The van der Waals surface area contributed by atoms with E-state index in [1.807, 2.05) is 0 Å². The summed E-state index contributed by atoms with van der Waals surface area (Å²) in [4.78, 5) is 62.7. The molecule has 2 atom stereocenters. The molecule has 2 heterocycles. The Morgan fingerprint density at radius 1 is 0.941 bits per heavy atom. The Morgan fingerprint density at radius 3 is 2.29 bits per heavy atom. The summed E-state index contributed by atoms with van der Waals surface area (Å²) in [7, 11) is 2.49. The number of imide groups is 1. The molecule has 34 heavy (non-hydrogen) atoms. The Kier molecular flexibility index (Phi) is 6.04. The van der Waals surface area contributed by atoms with Crippen molar-refractivity contribution in [1.29, 1.82) is 0 Å². The smallest absolute Gasteiger partial charge is 0.337 e. The molecule has 1 saturated heterocycles. The van der Waals surface area contributed by atoms with E-state index in [1.54, 1.807) is 0 Å². The molecular weight excluding hydrogens is 446 g/mol. The van der Waals surface area contributed by atoms with E-state index in [0.717, 1.165) is 9.91 Å². The maximum atomic E-state index is 13.1. The van der Waals surface area contributed by atoms with Gasteiger partial charge in [0, 0.05) is 5.69 Å². The van der Waals surface area contributed by atoms with Crippen molar-refractivity contribution in [2.24, 2.45) is 10.3 Å². The van der Waals surface area contributed by atoms with Crippen LogP contribution in [-0.2, 0) is 23.9 Å². The number of rotatable bonds is 6. The molecule has 0 unspecified atom stereocenters. The number of nitrogens with one attached hydrogen (secondary N) is 1. The number of esters is 2. The molecule has 4 rings (SSSR count). The predicted molar refractivity (Wildman–Crippen MR) is 116 cm³/mol. The van der Waals surface area contributed by atoms with Gasteiger partial charge in [-0.3, -0.25) is 19.4 Å². The molecule has 0 spiro atoms. The molecule has 1 fully saturated rings. The lowest BCUT2D eigenvalue weighted by molar-refractivity contribution is -0.123. The normalized spacial score (nSPS) is 18.6. The molecule has 2 aromatic carbocycles. The van der Waals surface area contributed by atoms with Gasteiger partial charge in [-0.25, -0.2) is 14.5 Å². The summed E-state index contributed by atoms with van der Waals surface area (Å²) in [6.07, 6.45) is 0. The maximum absolute atomic E-state index is 13.1. The Hall–Kier alpha value is -4.61. The second-order valence-electron chi connectivity index (χ2n) is 7.36. The van der Waals surface area contributed by atoms with E-state index in [0.29, 0.717) is 11.3 Å². The number of benzene rings is 2. The first-order chi connectivity index (χ1) is 16.3. The average Bonchev–Trinajstić information content (AvgIpc) is 3.37. The Morgan fingerprint density at radius 2 is 1.62 bits per heavy atom. The van der Waals surface area contributed by atoms with Gasteiger partial charge in [-0.15, -0.1) is 0 Å². The number of methoxy groups -OCH3 is 2. The van der Waals surface area contributed by atoms with Crippen molar-refractivity contribution in [3.8, 4) is 0 Å². The van der Waals surface area contributed by atoms with Crippen LogP contribution in [0.4, 0.5) is 11.4 Å². The van der Waals surface area contributed by atoms with Gasteiger partial charge in [0.25, 0.3) is 11.8 Å². The number of nitrogens with zero attached hydrogens (tertiary/aromatic N) is 4. The summed E-state index contributed by atoms with van der Waals surface area (Å²) in [5, 5.41) is 11.5. The second-order valence-corrected chi connectivity index (χ2v) is 7.36. The van der Waals surface area contributed by atoms with Crippen LogP contribution in [-0.4, -0.2) is 67.5 Å². The molecule has 2 aromatic rings. The van der Waals surface area contributed by atoms with Crippen LogP contribution in [0.25, 0.3) is 0 Å². The van der Waals surface area contributed by atoms with Crippen molar-refractivity contribution in [3.05, 3.63) is 59.7 Å². The van der Waals surface area contributed by atoms with Crippen LogP contribution < -0.4 is 10.2 Å². The van der Waals surface area contributed by atoms with Crippen LogP contribution in [0.15, 0.2) is 58.9 Å². The molecule has 2 aliphatic heterocycles. The summed E-state index contributed by atoms with van der Waals surface area (Å²) in [6.45, 7) is -0.335. The largest absolute Gasteiger partial charge is 0.465 e.